The van der Waals surface area contributed by atoms with Crippen LogP contribution in [0.3, 0.4) is 0 Å². The summed E-state index contributed by atoms with van der Waals surface area (Å²) in [6.45, 7) is 0. The summed E-state index contributed by atoms with van der Waals surface area (Å²) >= 11 is 0. The van der Waals surface area contributed by atoms with Gasteiger partial charge in [0.1, 0.15) is 11.6 Å². The number of amides is 2. The summed E-state index contributed by atoms with van der Waals surface area (Å²) in [6.07, 6.45) is 0. The van der Waals surface area contributed by atoms with E-state index >= 15 is 0 Å². The topological polar surface area (TPSA) is 86.2 Å². The molecule has 0 heterocycles. The van der Waals surface area contributed by atoms with E-state index in [1.54, 1.807) is 0 Å². The highest BCUT2D eigenvalue weighted by molar-refractivity contribution is 8.76. The molecule has 22 heavy (non-hydrogen) atoms. The van der Waals surface area contributed by atoms with E-state index in [2.05, 4.69) is 0 Å². The highest BCUT2D eigenvalue weighted by atomic mass is 33.1. The van der Waals surface area contributed by atoms with E-state index in [0.29, 0.717) is 0 Å². The number of nitrogens with two attached hydrogens (primary N) is 2. The van der Waals surface area contributed by atoms with Crippen molar-refractivity contribution in [2.75, 3.05) is 0 Å². The van der Waals surface area contributed by atoms with Gasteiger partial charge in [-0.25, -0.2) is 8.78 Å². The van der Waals surface area contributed by atoms with Crippen LogP contribution >= 0.6 is 21.6 Å². The first kappa shape index (κ1) is 16.3. The van der Waals surface area contributed by atoms with Crippen LogP contribution in [0.2, 0.25) is 0 Å². The fourth-order valence-electron chi connectivity index (χ4n) is 1.66. The van der Waals surface area contributed by atoms with E-state index in [1.807, 2.05) is 0 Å². The fourth-order valence-corrected chi connectivity index (χ4v) is 4.15. The summed E-state index contributed by atoms with van der Waals surface area (Å²) in [6, 6.07) is 7.75. The van der Waals surface area contributed by atoms with Crippen molar-refractivity contribution in [1.29, 1.82) is 0 Å². The van der Waals surface area contributed by atoms with Crippen molar-refractivity contribution >= 4 is 33.4 Å². The van der Waals surface area contributed by atoms with Crippen molar-refractivity contribution in [3.8, 4) is 0 Å². The predicted octanol–water partition coefficient (Wildman–Crippen LogP) is 2.96. The molecule has 0 fully saturated rings. The monoisotopic (exact) mass is 340 g/mol. The largest absolute Gasteiger partial charge is 0.366 e. The maximum atomic E-state index is 13.8. The van der Waals surface area contributed by atoms with Crippen LogP contribution in [0.4, 0.5) is 8.78 Å². The SMILES string of the molecule is NC(=O)c1cccc(F)c1SSc1c(F)cccc1C(N)=O. The highest BCUT2D eigenvalue weighted by Gasteiger charge is 2.18. The van der Waals surface area contributed by atoms with Crippen molar-refractivity contribution in [3.05, 3.63) is 59.2 Å². The second-order valence-electron chi connectivity index (χ2n) is 4.13. The first-order valence-corrected chi connectivity index (χ1v) is 8.08. The van der Waals surface area contributed by atoms with Gasteiger partial charge in [-0.05, 0) is 45.9 Å². The first-order valence-electron chi connectivity index (χ1n) is 5.93. The third-order valence-corrected chi connectivity index (χ3v) is 5.17. The molecule has 0 aromatic heterocycles. The van der Waals surface area contributed by atoms with Crippen LogP contribution in [0.1, 0.15) is 20.7 Å². The first-order chi connectivity index (χ1) is 10.4. The van der Waals surface area contributed by atoms with E-state index < -0.39 is 23.4 Å². The standard InChI is InChI=1S/C14H10F2N2O2S2/c15-9-5-1-3-7(13(17)19)11(9)21-22-12-8(14(18)20)4-2-6-10(12)16/h1-6H,(H2,17,19)(H2,18,20). The molecule has 0 atom stereocenters. The molecule has 8 heteroatoms. The Labute approximate surface area is 132 Å². The Morgan fingerprint density at radius 3 is 1.45 bits per heavy atom. The van der Waals surface area contributed by atoms with E-state index in [9.17, 15) is 18.4 Å². The van der Waals surface area contributed by atoms with E-state index in [4.69, 9.17) is 11.5 Å². The number of primary amides is 2. The van der Waals surface area contributed by atoms with E-state index in [0.717, 1.165) is 33.7 Å². The van der Waals surface area contributed by atoms with Crippen LogP contribution in [0.25, 0.3) is 0 Å². The third kappa shape index (κ3) is 3.40. The van der Waals surface area contributed by atoms with Gasteiger partial charge < -0.3 is 11.5 Å². The Bertz CT molecular complexity index is 690. The van der Waals surface area contributed by atoms with Crippen LogP contribution in [-0.4, -0.2) is 11.8 Å². The summed E-state index contributed by atoms with van der Waals surface area (Å²) < 4.78 is 27.7. The number of hydrogen-bond donors (Lipinski definition) is 2. The molecule has 114 valence electrons. The number of benzene rings is 2. The van der Waals surface area contributed by atoms with Crippen molar-refractivity contribution < 1.29 is 18.4 Å². The average molecular weight is 340 g/mol. The molecule has 2 aromatic carbocycles. The van der Waals surface area contributed by atoms with Gasteiger partial charge in [-0.2, -0.15) is 0 Å². The maximum Gasteiger partial charge on any atom is 0.249 e. The molecule has 4 N–H and O–H groups in total. The minimum atomic E-state index is -0.800. The number of hydrogen-bond acceptors (Lipinski definition) is 4. The van der Waals surface area contributed by atoms with Crippen LogP contribution in [-0.2, 0) is 0 Å². The molecule has 0 bridgehead atoms. The van der Waals surface area contributed by atoms with Gasteiger partial charge in [0.05, 0.1) is 20.9 Å². The zero-order valence-corrected chi connectivity index (χ0v) is 12.6. The molecular weight excluding hydrogens is 330 g/mol. The van der Waals surface area contributed by atoms with Crippen LogP contribution in [0.15, 0.2) is 46.2 Å². The molecular formula is C14H10F2N2O2S2. The lowest BCUT2D eigenvalue weighted by atomic mass is 10.2. The molecule has 4 nitrogen and oxygen atoms in total. The molecule has 2 amide bonds. The van der Waals surface area contributed by atoms with Gasteiger partial charge in [-0.1, -0.05) is 12.1 Å². The molecule has 2 rings (SSSR count). The Kier molecular flexibility index (Phi) is 5.04. The summed E-state index contributed by atoms with van der Waals surface area (Å²) in [7, 11) is 1.59. The summed E-state index contributed by atoms with van der Waals surface area (Å²) in [5.41, 5.74) is 10.3. The Hall–Kier alpha value is -2.06. The highest BCUT2D eigenvalue weighted by Crippen LogP contribution is 2.42. The molecule has 0 saturated carbocycles. The molecule has 0 spiro atoms. The lowest BCUT2D eigenvalue weighted by molar-refractivity contribution is 0.0988. The Morgan fingerprint density at radius 1 is 0.773 bits per heavy atom. The zero-order chi connectivity index (χ0) is 16.3. The second kappa shape index (κ2) is 6.80. The van der Waals surface area contributed by atoms with E-state index in [1.165, 1.54) is 24.3 Å². The third-order valence-electron chi connectivity index (χ3n) is 2.67. The van der Waals surface area contributed by atoms with Crippen molar-refractivity contribution in [2.45, 2.75) is 9.79 Å². The summed E-state index contributed by atoms with van der Waals surface area (Å²) in [5, 5.41) is 0. The smallest absolute Gasteiger partial charge is 0.249 e. The van der Waals surface area contributed by atoms with Crippen molar-refractivity contribution in [1.82, 2.24) is 0 Å². The predicted molar refractivity (Wildman–Crippen MR) is 81.5 cm³/mol. The van der Waals surface area contributed by atoms with Crippen LogP contribution in [0.5, 0.6) is 0 Å². The van der Waals surface area contributed by atoms with E-state index in [-0.39, 0.29) is 20.9 Å². The van der Waals surface area contributed by atoms with Gasteiger partial charge in [0.25, 0.3) is 0 Å². The van der Waals surface area contributed by atoms with Gasteiger partial charge in [0.2, 0.25) is 11.8 Å². The molecule has 0 aliphatic rings. The lowest BCUT2D eigenvalue weighted by Crippen LogP contribution is -2.13. The minimum Gasteiger partial charge on any atom is -0.366 e. The fraction of sp³-hybridized carbons (Fsp3) is 0. The van der Waals surface area contributed by atoms with Crippen molar-refractivity contribution in [2.24, 2.45) is 11.5 Å². The lowest BCUT2D eigenvalue weighted by Gasteiger charge is -2.09. The van der Waals surface area contributed by atoms with Crippen LogP contribution < -0.4 is 11.5 Å². The summed E-state index contributed by atoms with van der Waals surface area (Å²) in [4.78, 5) is 22.6. The van der Waals surface area contributed by atoms with Crippen LogP contribution in [0, 0.1) is 11.6 Å². The molecule has 0 radical (unpaired) electrons. The zero-order valence-electron chi connectivity index (χ0n) is 11.0. The van der Waals surface area contributed by atoms with Gasteiger partial charge in [0.15, 0.2) is 0 Å². The molecule has 0 aliphatic carbocycles. The quantitative estimate of drug-likeness (QED) is 0.819. The normalized spacial score (nSPS) is 10.5. The van der Waals surface area contributed by atoms with Gasteiger partial charge in [-0.3, -0.25) is 9.59 Å². The number of carbonyl (C=O) groups is 2. The Balaban J connectivity index is 2.36. The number of carbonyl (C=O) groups excluding carboxylic acids is 2. The maximum absolute atomic E-state index is 13.8. The number of halogens is 2. The average Bonchev–Trinajstić information content (AvgIpc) is 2.46. The second-order valence-corrected chi connectivity index (χ2v) is 6.28. The summed E-state index contributed by atoms with van der Waals surface area (Å²) in [5.74, 6) is -2.92. The Morgan fingerprint density at radius 2 is 1.14 bits per heavy atom. The van der Waals surface area contributed by atoms with Gasteiger partial charge in [-0.15, -0.1) is 0 Å². The molecule has 2 aromatic rings. The molecule has 0 saturated heterocycles. The molecule has 0 aliphatic heterocycles. The number of rotatable bonds is 5. The molecule has 0 unspecified atom stereocenters. The minimum absolute atomic E-state index is 0.0190. The van der Waals surface area contributed by atoms with Crippen molar-refractivity contribution in [3.63, 3.8) is 0 Å². The van der Waals surface area contributed by atoms with Gasteiger partial charge in [0, 0.05) is 0 Å². The van der Waals surface area contributed by atoms with Gasteiger partial charge >= 0.3 is 0 Å².